The van der Waals surface area contributed by atoms with Crippen LogP contribution in [0.5, 0.6) is 0 Å². The molecule has 1 aliphatic heterocycles. The average Bonchev–Trinajstić information content (AvgIpc) is 2.83. The van der Waals surface area contributed by atoms with Gasteiger partial charge in [-0.25, -0.2) is 9.98 Å². The summed E-state index contributed by atoms with van der Waals surface area (Å²) < 4.78 is 0. The van der Waals surface area contributed by atoms with Crippen molar-refractivity contribution in [1.82, 2.24) is 9.88 Å². The van der Waals surface area contributed by atoms with Crippen molar-refractivity contribution in [1.29, 1.82) is 0 Å². The first-order valence-electron chi connectivity index (χ1n) is 9.45. The van der Waals surface area contributed by atoms with Crippen molar-refractivity contribution in [2.45, 2.75) is 6.42 Å². The van der Waals surface area contributed by atoms with Crippen LogP contribution in [0.3, 0.4) is 0 Å². The third-order valence-electron chi connectivity index (χ3n) is 4.79. The van der Waals surface area contributed by atoms with Gasteiger partial charge in [-0.15, -0.1) is 0 Å². The second-order valence-electron chi connectivity index (χ2n) is 7.14. The normalized spacial score (nSPS) is 13.0. The molecule has 0 radical (unpaired) electrons. The smallest absolute Gasteiger partial charge is 0.159 e. The van der Waals surface area contributed by atoms with Crippen molar-refractivity contribution >= 4 is 34.5 Å². The number of fused-ring (bicyclic) bond motifs is 2. The van der Waals surface area contributed by atoms with E-state index in [4.69, 9.17) is 16.6 Å². The number of nitrogens with zero attached hydrogens (tertiary/aromatic N) is 4. The van der Waals surface area contributed by atoms with Gasteiger partial charge in [-0.05, 0) is 57.4 Å². The average molecular weight is 391 g/mol. The summed E-state index contributed by atoms with van der Waals surface area (Å²) in [4.78, 5) is 14.2. The van der Waals surface area contributed by atoms with E-state index in [1.807, 2.05) is 48.7 Å². The van der Waals surface area contributed by atoms with Gasteiger partial charge in [0.25, 0.3) is 0 Å². The molecular formula is C23H23ClN4. The summed E-state index contributed by atoms with van der Waals surface area (Å²) in [5.41, 5.74) is 4.97. The predicted octanol–water partition coefficient (Wildman–Crippen LogP) is 5.31. The second-order valence-corrected chi connectivity index (χ2v) is 7.58. The number of halogens is 1. The van der Waals surface area contributed by atoms with Gasteiger partial charge in [-0.1, -0.05) is 41.9 Å². The monoisotopic (exact) mass is 390 g/mol. The molecule has 0 spiro atoms. The molecule has 3 aromatic rings. The van der Waals surface area contributed by atoms with Gasteiger partial charge >= 0.3 is 0 Å². The van der Waals surface area contributed by atoms with Gasteiger partial charge in [-0.3, -0.25) is 0 Å². The maximum atomic E-state index is 6.39. The van der Waals surface area contributed by atoms with E-state index in [-0.39, 0.29) is 0 Å². The van der Waals surface area contributed by atoms with E-state index in [1.165, 1.54) is 0 Å². The Hall–Kier alpha value is -2.69. The van der Waals surface area contributed by atoms with Crippen LogP contribution in [0, 0.1) is 0 Å². The Morgan fingerprint density at radius 3 is 2.61 bits per heavy atom. The van der Waals surface area contributed by atoms with Gasteiger partial charge in [0.1, 0.15) is 5.69 Å². The van der Waals surface area contributed by atoms with Crippen molar-refractivity contribution < 1.29 is 0 Å². The van der Waals surface area contributed by atoms with Crippen molar-refractivity contribution in [2.75, 3.05) is 32.1 Å². The molecule has 2 aromatic carbocycles. The molecule has 1 aliphatic rings. The zero-order valence-electron chi connectivity index (χ0n) is 16.1. The lowest BCUT2D eigenvalue weighted by Gasteiger charge is -2.26. The number of pyridine rings is 1. The molecule has 5 heteroatoms. The second kappa shape index (κ2) is 8.13. The minimum absolute atomic E-state index is 0.703. The quantitative estimate of drug-likeness (QED) is 0.591. The summed E-state index contributed by atoms with van der Waals surface area (Å²) >= 11 is 6.39. The Balaban J connectivity index is 1.89. The largest absolute Gasteiger partial charge is 0.324 e. The lowest BCUT2D eigenvalue weighted by atomic mass is 10.00. The summed E-state index contributed by atoms with van der Waals surface area (Å²) in [6, 6.07) is 20.2. The van der Waals surface area contributed by atoms with E-state index in [9.17, 15) is 0 Å². The molecule has 4 rings (SSSR count). The molecule has 0 N–H and O–H groups in total. The Labute approximate surface area is 171 Å². The summed E-state index contributed by atoms with van der Waals surface area (Å²) in [6.45, 7) is 1.86. The topological polar surface area (TPSA) is 31.7 Å². The highest BCUT2D eigenvalue weighted by molar-refractivity contribution is 6.31. The summed E-state index contributed by atoms with van der Waals surface area (Å²) in [5, 5.41) is 0.703. The Morgan fingerprint density at radius 2 is 1.82 bits per heavy atom. The highest BCUT2D eigenvalue weighted by Gasteiger charge is 2.24. The number of benzene rings is 2. The van der Waals surface area contributed by atoms with Crippen LogP contribution in [0.1, 0.15) is 17.5 Å². The number of hydrogen-bond acceptors (Lipinski definition) is 4. The number of hydrogen-bond donors (Lipinski definition) is 0. The van der Waals surface area contributed by atoms with Crippen LogP contribution in [0.4, 0.5) is 17.2 Å². The van der Waals surface area contributed by atoms with E-state index in [2.05, 4.69) is 47.1 Å². The van der Waals surface area contributed by atoms with Crippen LogP contribution in [0.15, 0.2) is 71.9 Å². The van der Waals surface area contributed by atoms with Crippen LogP contribution in [0.25, 0.3) is 0 Å². The lowest BCUT2D eigenvalue weighted by molar-refractivity contribution is 0.402. The summed E-state index contributed by atoms with van der Waals surface area (Å²) in [5.74, 6) is 0.885. The van der Waals surface area contributed by atoms with Crippen molar-refractivity contribution in [3.8, 4) is 0 Å². The lowest BCUT2D eigenvalue weighted by Crippen LogP contribution is -2.24. The maximum absolute atomic E-state index is 6.39. The minimum atomic E-state index is 0.703. The fourth-order valence-electron chi connectivity index (χ4n) is 3.50. The molecular weight excluding hydrogens is 368 g/mol. The molecule has 28 heavy (non-hydrogen) atoms. The number of rotatable bonds is 5. The van der Waals surface area contributed by atoms with E-state index in [0.29, 0.717) is 5.02 Å². The molecule has 0 saturated heterocycles. The molecule has 2 heterocycles. The van der Waals surface area contributed by atoms with Gasteiger partial charge in [-0.2, -0.15) is 0 Å². The molecule has 142 valence electrons. The highest BCUT2D eigenvalue weighted by atomic mass is 35.5. The van der Waals surface area contributed by atoms with E-state index in [1.54, 1.807) is 0 Å². The van der Waals surface area contributed by atoms with E-state index in [0.717, 1.165) is 53.5 Å². The molecule has 1 aromatic heterocycles. The van der Waals surface area contributed by atoms with Crippen molar-refractivity contribution in [3.63, 3.8) is 0 Å². The predicted molar refractivity (Wildman–Crippen MR) is 118 cm³/mol. The van der Waals surface area contributed by atoms with Gasteiger partial charge < -0.3 is 9.80 Å². The zero-order valence-corrected chi connectivity index (χ0v) is 16.9. The van der Waals surface area contributed by atoms with Crippen LogP contribution in [-0.4, -0.2) is 42.8 Å². The number of anilines is 2. The van der Waals surface area contributed by atoms with E-state index >= 15 is 0 Å². The molecule has 0 aliphatic carbocycles. The van der Waals surface area contributed by atoms with E-state index < -0.39 is 0 Å². The van der Waals surface area contributed by atoms with Gasteiger partial charge in [0.05, 0.1) is 11.4 Å². The molecule has 0 atom stereocenters. The molecule has 4 nitrogen and oxygen atoms in total. The maximum Gasteiger partial charge on any atom is 0.159 e. The molecule has 0 saturated carbocycles. The van der Waals surface area contributed by atoms with Crippen LogP contribution in [-0.2, 0) is 0 Å². The Bertz CT molecular complexity index is 998. The zero-order chi connectivity index (χ0) is 19.5. The van der Waals surface area contributed by atoms with Gasteiger partial charge in [0.15, 0.2) is 5.82 Å². The molecule has 0 bridgehead atoms. The fraction of sp³-hybridized carbons (Fsp3) is 0.217. The van der Waals surface area contributed by atoms with Crippen LogP contribution >= 0.6 is 11.6 Å². The molecule has 0 unspecified atom stereocenters. The number of aromatic nitrogens is 1. The number of aliphatic imine (C=N–C) groups is 1. The van der Waals surface area contributed by atoms with Gasteiger partial charge in [0.2, 0.25) is 0 Å². The minimum Gasteiger partial charge on any atom is -0.324 e. The Morgan fingerprint density at radius 1 is 1.00 bits per heavy atom. The summed E-state index contributed by atoms with van der Waals surface area (Å²) in [7, 11) is 4.19. The first-order valence-corrected chi connectivity index (χ1v) is 9.82. The third kappa shape index (κ3) is 3.79. The first-order chi connectivity index (χ1) is 13.6. The molecule has 0 fully saturated rings. The Kier molecular flexibility index (Phi) is 5.42. The van der Waals surface area contributed by atoms with Crippen LogP contribution in [0.2, 0.25) is 5.02 Å². The van der Waals surface area contributed by atoms with Crippen molar-refractivity contribution in [2.24, 2.45) is 4.99 Å². The fourth-order valence-corrected chi connectivity index (χ4v) is 3.67. The van der Waals surface area contributed by atoms with Gasteiger partial charge in [0, 0.05) is 28.9 Å². The first kappa shape index (κ1) is 18.7. The SMILES string of the molecule is CN(C)CCCN1c2ccc(Cl)cc2C(c2ccccc2)=Nc2cccnc21. The highest BCUT2D eigenvalue weighted by Crippen LogP contribution is 2.40. The summed E-state index contributed by atoms with van der Waals surface area (Å²) in [6.07, 6.45) is 2.85. The van der Waals surface area contributed by atoms with Crippen LogP contribution < -0.4 is 4.90 Å². The van der Waals surface area contributed by atoms with Crippen molar-refractivity contribution in [3.05, 3.63) is 83.0 Å². The molecule has 0 amide bonds. The third-order valence-corrected chi connectivity index (χ3v) is 5.03. The standard InChI is InChI=1S/C23H23ClN4/c1-27(2)14-7-15-28-21-12-11-18(24)16-19(21)22(17-8-4-3-5-9-17)26-20-10-6-13-25-23(20)28/h3-6,8-13,16H,7,14-15H2,1-2H3.